The lowest BCUT2D eigenvalue weighted by Gasteiger charge is -2.14. The number of hydrogen-bond donors (Lipinski definition) is 3. The van der Waals surface area contributed by atoms with E-state index in [0.29, 0.717) is 5.03 Å². The third kappa shape index (κ3) is 2.95. The number of alkyl halides is 1. The van der Waals surface area contributed by atoms with Crippen LogP contribution in [-0.2, 0) is 0 Å². The molecule has 0 aromatic carbocycles. The minimum Gasteiger partial charge on any atom is -0.383 e. The van der Waals surface area contributed by atoms with Gasteiger partial charge in [-0.3, -0.25) is 0 Å². The van der Waals surface area contributed by atoms with E-state index >= 15 is 0 Å². The first-order chi connectivity index (χ1) is 5.84. The molecule has 1 heterocycles. The maximum Gasteiger partial charge on any atom is 0.0828 e. The van der Waals surface area contributed by atoms with E-state index in [9.17, 15) is 0 Å². The van der Waals surface area contributed by atoms with Gasteiger partial charge < -0.3 is 16.2 Å². The summed E-state index contributed by atoms with van der Waals surface area (Å²) >= 11 is 9.23. The lowest BCUT2D eigenvalue weighted by Crippen LogP contribution is -2.29. The molecule has 3 nitrogen and oxygen atoms in total. The van der Waals surface area contributed by atoms with Crippen molar-refractivity contribution in [2.24, 2.45) is 0 Å². The fraction of sp³-hybridized carbons (Fsp3) is 0.429. The van der Waals surface area contributed by atoms with Gasteiger partial charge in [-0.15, -0.1) is 0 Å². The summed E-state index contributed by atoms with van der Waals surface area (Å²) in [6.07, 6.45) is 4.59. The highest BCUT2D eigenvalue weighted by Crippen LogP contribution is 2.11. The summed E-state index contributed by atoms with van der Waals surface area (Å²) in [7, 11) is 0. The molecule has 0 atom stereocenters. The van der Waals surface area contributed by atoms with Crippen molar-refractivity contribution >= 4 is 27.5 Å². The quantitative estimate of drug-likeness (QED) is 0.523. The summed E-state index contributed by atoms with van der Waals surface area (Å²) in [6, 6.07) is 0. The van der Waals surface area contributed by atoms with Crippen LogP contribution in [0.25, 0.3) is 0 Å². The molecule has 0 aromatic heterocycles. The molecule has 0 aliphatic carbocycles. The normalized spacial score (nSPS) is 15.5. The first-order valence-corrected chi connectivity index (χ1v) is 5.21. The van der Waals surface area contributed by atoms with E-state index in [-0.39, 0.29) is 0 Å². The van der Waals surface area contributed by atoms with E-state index in [1.807, 2.05) is 0 Å². The van der Waals surface area contributed by atoms with Gasteiger partial charge in [0, 0.05) is 24.3 Å². The third-order valence-electron chi connectivity index (χ3n) is 1.38. The Labute approximate surface area is 85.3 Å². The Morgan fingerprint density at radius 3 is 2.83 bits per heavy atom. The molecule has 1 aliphatic rings. The first kappa shape index (κ1) is 9.74. The van der Waals surface area contributed by atoms with E-state index in [1.54, 1.807) is 12.4 Å². The van der Waals surface area contributed by atoms with Crippen LogP contribution < -0.4 is 16.2 Å². The molecule has 0 radical (unpaired) electrons. The SMILES string of the molecule is ClC1=CNNC=C1NCCCBr. The minimum atomic E-state index is 0.698. The predicted octanol–water partition coefficient (Wildman–Crippen LogP) is 1.39. The number of hydrazine groups is 1. The van der Waals surface area contributed by atoms with Crippen LogP contribution in [0.2, 0.25) is 0 Å². The monoisotopic (exact) mass is 251 g/mol. The van der Waals surface area contributed by atoms with Crippen LogP contribution in [0.3, 0.4) is 0 Å². The molecule has 0 bridgehead atoms. The highest BCUT2D eigenvalue weighted by atomic mass is 79.9. The second-order valence-electron chi connectivity index (χ2n) is 2.31. The summed E-state index contributed by atoms with van der Waals surface area (Å²) in [4.78, 5) is 0. The van der Waals surface area contributed by atoms with Crippen molar-refractivity contribution in [3.05, 3.63) is 23.1 Å². The molecule has 1 aliphatic heterocycles. The molecule has 5 heteroatoms. The van der Waals surface area contributed by atoms with Gasteiger partial charge in [0.15, 0.2) is 0 Å². The maximum atomic E-state index is 5.88. The van der Waals surface area contributed by atoms with Crippen LogP contribution in [0.15, 0.2) is 23.1 Å². The lowest BCUT2D eigenvalue weighted by molar-refractivity contribution is 0.713. The minimum absolute atomic E-state index is 0.698. The Balaban J connectivity index is 2.31. The van der Waals surface area contributed by atoms with Gasteiger partial charge in [-0.2, -0.15) is 0 Å². The van der Waals surface area contributed by atoms with Crippen molar-refractivity contribution in [3.63, 3.8) is 0 Å². The molecule has 0 aromatic rings. The molecule has 1 rings (SSSR count). The number of hydrogen-bond acceptors (Lipinski definition) is 3. The van der Waals surface area contributed by atoms with Crippen molar-refractivity contribution in [1.29, 1.82) is 0 Å². The van der Waals surface area contributed by atoms with Gasteiger partial charge in [-0.05, 0) is 6.42 Å². The second-order valence-corrected chi connectivity index (χ2v) is 3.51. The van der Waals surface area contributed by atoms with Gasteiger partial charge in [-0.25, -0.2) is 0 Å². The standard InChI is InChI=1S/C7H11BrClN3/c8-2-1-3-10-7-5-12-11-4-6(7)9/h4-5,10-12H,1-3H2. The van der Waals surface area contributed by atoms with Crippen molar-refractivity contribution < 1.29 is 0 Å². The molecule has 68 valence electrons. The molecule has 0 amide bonds. The number of nitrogens with one attached hydrogen (secondary N) is 3. The molecule has 12 heavy (non-hydrogen) atoms. The zero-order chi connectivity index (χ0) is 8.81. The molecule has 0 fully saturated rings. The van der Waals surface area contributed by atoms with Crippen molar-refractivity contribution in [2.45, 2.75) is 6.42 Å². The van der Waals surface area contributed by atoms with Crippen LogP contribution >= 0.6 is 27.5 Å². The van der Waals surface area contributed by atoms with E-state index in [1.165, 1.54) is 0 Å². The smallest absolute Gasteiger partial charge is 0.0828 e. The average molecular weight is 253 g/mol. The van der Waals surface area contributed by atoms with Gasteiger partial charge in [0.1, 0.15) is 0 Å². The van der Waals surface area contributed by atoms with Gasteiger partial charge in [0.25, 0.3) is 0 Å². The zero-order valence-electron chi connectivity index (χ0n) is 6.53. The molecule has 0 unspecified atom stereocenters. The molecular formula is C7H11BrClN3. The highest BCUT2D eigenvalue weighted by Gasteiger charge is 2.03. The van der Waals surface area contributed by atoms with Crippen molar-refractivity contribution in [1.82, 2.24) is 16.2 Å². The summed E-state index contributed by atoms with van der Waals surface area (Å²) in [5.74, 6) is 0. The van der Waals surface area contributed by atoms with E-state index in [4.69, 9.17) is 11.6 Å². The maximum absolute atomic E-state index is 5.88. The molecular weight excluding hydrogens is 241 g/mol. The Kier molecular flexibility index (Phi) is 4.32. The number of rotatable bonds is 4. The summed E-state index contributed by atoms with van der Waals surface area (Å²) in [5, 5.41) is 4.90. The summed E-state index contributed by atoms with van der Waals surface area (Å²) in [6.45, 7) is 0.919. The average Bonchev–Trinajstić information content (AvgIpc) is 2.09. The molecule has 0 saturated carbocycles. The molecule has 0 spiro atoms. The number of halogens is 2. The fourth-order valence-corrected chi connectivity index (χ4v) is 1.25. The zero-order valence-corrected chi connectivity index (χ0v) is 8.87. The Bertz CT molecular complexity index is 203. The van der Waals surface area contributed by atoms with Gasteiger partial charge >= 0.3 is 0 Å². The first-order valence-electron chi connectivity index (χ1n) is 3.71. The van der Waals surface area contributed by atoms with Crippen LogP contribution in [0, 0.1) is 0 Å². The Morgan fingerprint density at radius 2 is 2.17 bits per heavy atom. The van der Waals surface area contributed by atoms with Crippen molar-refractivity contribution in [2.75, 3.05) is 11.9 Å². The van der Waals surface area contributed by atoms with Gasteiger partial charge in [0.05, 0.1) is 10.7 Å². The van der Waals surface area contributed by atoms with Crippen LogP contribution in [-0.4, -0.2) is 11.9 Å². The molecule has 3 N–H and O–H groups in total. The lowest BCUT2D eigenvalue weighted by atomic mass is 10.4. The van der Waals surface area contributed by atoms with Crippen LogP contribution in [0.1, 0.15) is 6.42 Å². The second kappa shape index (κ2) is 5.32. The topological polar surface area (TPSA) is 36.1 Å². The fourth-order valence-electron chi connectivity index (χ4n) is 0.791. The largest absolute Gasteiger partial charge is 0.383 e. The van der Waals surface area contributed by atoms with E-state index in [2.05, 4.69) is 32.1 Å². The number of allylic oxidation sites excluding steroid dienone is 1. The van der Waals surface area contributed by atoms with Crippen LogP contribution in [0.5, 0.6) is 0 Å². The summed E-state index contributed by atoms with van der Waals surface area (Å²) in [5.41, 5.74) is 6.56. The highest BCUT2D eigenvalue weighted by molar-refractivity contribution is 9.09. The summed E-state index contributed by atoms with van der Waals surface area (Å²) < 4.78 is 0. The molecule has 0 saturated heterocycles. The van der Waals surface area contributed by atoms with Crippen LogP contribution in [0.4, 0.5) is 0 Å². The third-order valence-corrected chi connectivity index (χ3v) is 2.26. The predicted molar refractivity (Wildman–Crippen MR) is 54.7 cm³/mol. The van der Waals surface area contributed by atoms with Crippen molar-refractivity contribution in [3.8, 4) is 0 Å². The Hall–Kier alpha value is -0.350. The Morgan fingerprint density at radius 1 is 1.42 bits per heavy atom. The van der Waals surface area contributed by atoms with E-state index < -0.39 is 0 Å². The van der Waals surface area contributed by atoms with Gasteiger partial charge in [-0.1, -0.05) is 27.5 Å². The van der Waals surface area contributed by atoms with Gasteiger partial charge in [0.2, 0.25) is 0 Å². The van der Waals surface area contributed by atoms with E-state index in [0.717, 1.165) is 24.0 Å².